The molecule has 1 rings (SSSR count). The Balaban J connectivity index is 2.66. The summed E-state index contributed by atoms with van der Waals surface area (Å²) in [4.78, 5) is 13.6. The minimum absolute atomic E-state index is 0.241. The van der Waals surface area contributed by atoms with Gasteiger partial charge in [-0.15, -0.1) is 0 Å². The lowest BCUT2D eigenvalue weighted by Gasteiger charge is -2.21. The highest BCUT2D eigenvalue weighted by Gasteiger charge is 2.17. The summed E-state index contributed by atoms with van der Waals surface area (Å²) in [6.45, 7) is 6.30. The smallest absolute Gasteiger partial charge is 0.407 e. The van der Waals surface area contributed by atoms with Crippen LogP contribution in [-0.4, -0.2) is 42.3 Å². The Hall–Kier alpha value is -1.79. The van der Waals surface area contributed by atoms with Gasteiger partial charge in [0, 0.05) is 24.7 Å². The lowest BCUT2D eigenvalue weighted by molar-refractivity contribution is 0.0524. The van der Waals surface area contributed by atoms with Crippen molar-refractivity contribution >= 4 is 6.09 Å². The van der Waals surface area contributed by atoms with Gasteiger partial charge in [0.25, 0.3) is 0 Å². The Morgan fingerprint density at radius 2 is 2.05 bits per heavy atom. The van der Waals surface area contributed by atoms with Crippen LogP contribution in [0.5, 0.6) is 5.75 Å². The van der Waals surface area contributed by atoms with E-state index in [4.69, 9.17) is 10.5 Å². The molecule has 1 unspecified atom stereocenters. The van der Waals surface area contributed by atoms with E-state index in [-0.39, 0.29) is 18.3 Å². The van der Waals surface area contributed by atoms with Crippen LogP contribution in [0.1, 0.15) is 37.9 Å². The Bertz CT molecular complexity index is 510. The maximum Gasteiger partial charge on any atom is 0.407 e. The van der Waals surface area contributed by atoms with Crippen molar-refractivity contribution in [3.8, 4) is 5.75 Å². The first-order valence-electron chi connectivity index (χ1n) is 7.27. The van der Waals surface area contributed by atoms with Crippen LogP contribution in [0.15, 0.2) is 18.2 Å². The summed E-state index contributed by atoms with van der Waals surface area (Å²) in [6, 6.07) is 4.88. The number of hydrogen-bond acceptors (Lipinski definition) is 5. The van der Waals surface area contributed by atoms with Crippen molar-refractivity contribution < 1.29 is 14.6 Å². The molecule has 0 aliphatic rings. The molecule has 4 N–H and O–H groups in total. The van der Waals surface area contributed by atoms with E-state index in [1.165, 1.54) is 0 Å². The highest BCUT2D eigenvalue weighted by atomic mass is 16.6. The van der Waals surface area contributed by atoms with Gasteiger partial charge in [-0.1, -0.05) is 6.07 Å². The lowest BCUT2D eigenvalue weighted by atomic mass is 10.0. The number of alkyl carbamates (subject to hydrolysis) is 1. The molecule has 0 fully saturated rings. The quantitative estimate of drug-likeness (QED) is 0.774. The van der Waals surface area contributed by atoms with Crippen molar-refractivity contribution in [2.75, 3.05) is 20.6 Å². The van der Waals surface area contributed by atoms with Crippen LogP contribution in [0.3, 0.4) is 0 Å². The normalized spacial score (nSPS) is 13.0. The molecule has 1 atom stereocenters. The van der Waals surface area contributed by atoms with Gasteiger partial charge < -0.3 is 25.8 Å². The molecule has 1 aromatic rings. The van der Waals surface area contributed by atoms with E-state index in [0.29, 0.717) is 6.54 Å². The first-order chi connectivity index (χ1) is 10.1. The molecule has 22 heavy (non-hydrogen) atoms. The summed E-state index contributed by atoms with van der Waals surface area (Å²) >= 11 is 0. The van der Waals surface area contributed by atoms with Gasteiger partial charge in [0.05, 0.1) is 0 Å². The van der Waals surface area contributed by atoms with Gasteiger partial charge in [-0.05, 0) is 52.6 Å². The van der Waals surface area contributed by atoms with Crippen molar-refractivity contribution in [2.24, 2.45) is 5.73 Å². The van der Waals surface area contributed by atoms with Gasteiger partial charge in [-0.25, -0.2) is 4.79 Å². The summed E-state index contributed by atoms with van der Waals surface area (Å²) in [7, 11) is 3.85. The summed E-state index contributed by atoms with van der Waals surface area (Å²) in [5.74, 6) is 0.241. The predicted octanol–water partition coefficient (Wildman–Crippen LogP) is 1.98. The van der Waals surface area contributed by atoms with Gasteiger partial charge in [-0.3, -0.25) is 0 Å². The second-order valence-corrected chi connectivity index (χ2v) is 6.62. The number of benzene rings is 1. The van der Waals surface area contributed by atoms with E-state index >= 15 is 0 Å². The Labute approximate surface area is 132 Å². The van der Waals surface area contributed by atoms with Crippen LogP contribution < -0.4 is 11.1 Å². The zero-order chi connectivity index (χ0) is 16.9. The van der Waals surface area contributed by atoms with Crippen molar-refractivity contribution in [1.82, 2.24) is 10.2 Å². The van der Waals surface area contributed by atoms with E-state index in [2.05, 4.69) is 5.32 Å². The van der Waals surface area contributed by atoms with Crippen LogP contribution in [0.2, 0.25) is 0 Å². The van der Waals surface area contributed by atoms with Gasteiger partial charge >= 0.3 is 6.09 Å². The van der Waals surface area contributed by atoms with Crippen molar-refractivity contribution in [3.05, 3.63) is 29.3 Å². The van der Waals surface area contributed by atoms with Gasteiger partial charge in [0.1, 0.15) is 11.4 Å². The average Bonchev–Trinajstić information content (AvgIpc) is 2.36. The van der Waals surface area contributed by atoms with Crippen molar-refractivity contribution in [2.45, 2.75) is 39.0 Å². The number of nitrogens with zero attached hydrogens (tertiary/aromatic N) is 1. The predicted molar refractivity (Wildman–Crippen MR) is 86.7 cm³/mol. The zero-order valence-electron chi connectivity index (χ0n) is 14.0. The Morgan fingerprint density at radius 3 is 2.59 bits per heavy atom. The highest BCUT2D eigenvalue weighted by molar-refractivity contribution is 5.67. The summed E-state index contributed by atoms with van der Waals surface area (Å²) < 4.78 is 5.17. The molecule has 0 aromatic heterocycles. The molecule has 0 aliphatic carbocycles. The van der Waals surface area contributed by atoms with Crippen molar-refractivity contribution in [3.63, 3.8) is 0 Å². The van der Waals surface area contributed by atoms with E-state index in [1.807, 2.05) is 25.1 Å². The number of carbonyl (C=O) groups excluding carboxylic acids is 1. The molecule has 6 heteroatoms. The van der Waals surface area contributed by atoms with Crippen LogP contribution in [0.25, 0.3) is 0 Å². The molecule has 6 nitrogen and oxygen atoms in total. The maximum atomic E-state index is 11.6. The lowest BCUT2D eigenvalue weighted by Crippen LogP contribution is -2.36. The summed E-state index contributed by atoms with van der Waals surface area (Å²) in [6.07, 6.45) is -0.491. The number of phenols is 1. The molecule has 0 spiro atoms. The molecule has 0 heterocycles. The molecular weight excluding hydrogens is 282 g/mol. The fraction of sp³-hybridized carbons (Fsp3) is 0.562. The number of amides is 1. The van der Waals surface area contributed by atoms with Crippen LogP contribution >= 0.6 is 0 Å². The molecule has 0 aliphatic heterocycles. The molecule has 0 saturated carbocycles. The number of rotatable bonds is 5. The molecule has 0 bridgehead atoms. The largest absolute Gasteiger partial charge is 0.508 e. The Morgan fingerprint density at radius 1 is 1.41 bits per heavy atom. The van der Waals surface area contributed by atoms with E-state index in [1.54, 1.807) is 32.9 Å². The van der Waals surface area contributed by atoms with E-state index in [0.717, 1.165) is 11.1 Å². The van der Waals surface area contributed by atoms with Gasteiger partial charge in [0.15, 0.2) is 0 Å². The van der Waals surface area contributed by atoms with Gasteiger partial charge in [0.2, 0.25) is 0 Å². The first kappa shape index (κ1) is 18.3. The molecular formula is C16H27N3O3. The van der Waals surface area contributed by atoms with Crippen LogP contribution in [0, 0.1) is 0 Å². The average molecular weight is 309 g/mol. The SMILES string of the molecule is CN(C)Cc1cc(C(N)CNC(=O)OC(C)(C)C)ccc1O. The number of nitrogens with two attached hydrogens (primary N) is 1. The topological polar surface area (TPSA) is 87.8 Å². The maximum absolute atomic E-state index is 11.6. The number of carbonyl (C=O) groups is 1. The highest BCUT2D eigenvalue weighted by Crippen LogP contribution is 2.22. The fourth-order valence-corrected chi connectivity index (χ4v) is 1.93. The van der Waals surface area contributed by atoms with Crippen molar-refractivity contribution in [1.29, 1.82) is 0 Å². The number of aromatic hydroxyl groups is 1. The van der Waals surface area contributed by atoms with E-state index in [9.17, 15) is 9.90 Å². The monoisotopic (exact) mass is 309 g/mol. The summed E-state index contributed by atoms with van der Waals surface area (Å²) in [5.41, 5.74) is 7.21. The number of hydrogen-bond donors (Lipinski definition) is 3. The Kier molecular flexibility index (Phi) is 6.20. The van der Waals surface area contributed by atoms with E-state index < -0.39 is 11.7 Å². The molecule has 124 valence electrons. The van der Waals surface area contributed by atoms with Gasteiger partial charge in [-0.2, -0.15) is 0 Å². The molecule has 0 saturated heterocycles. The first-order valence-corrected chi connectivity index (χ1v) is 7.27. The third-order valence-electron chi connectivity index (χ3n) is 2.88. The number of phenolic OH excluding ortho intramolecular Hbond substituents is 1. The second kappa shape index (κ2) is 7.47. The third kappa shape index (κ3) is 6.32. The zero-order valence-corrected chi connectivity index (χ0v) is 14.0. The molecule has 0 radical (unpaired) electrons. The minimum atomic E-state index is -0.536. The third-order valence-corrected chi connectivity index (χ3v) is 2.88. The molecule has 1 aromatic carbocycles. The fourth-order valence-electron chi connectivity index (χ4n) is 1.93. The number of ether oxygens (including phenoxy) is 1. The number of nitrogens with one attached hydrogen (secondary N) is 1. The summed E-state index contributed by atoms with van der Waals surface area (Å²) in [5, 5.41) is 12.5. The van der Waals surface area contributed by atoms with Crippen LogP contribution in [0.4, 0.5) is 4.79 Å². The second-order valence-electron chi connectivity index (χ2n) is 6.62. The molecule has 1 amide bonds. The standard InChI is InChI=1S/C16H27N3O3/c1-16(2,3)22-15(21)18-9-13(17)11-6-7-14(20)12(8-11)10-19(4)5/h6-8,13,20H,9-10,17H2,1-5H3,(H,18,21). The van der Waals surface area contributed by atoms with Crippen LogP contribution in [-0.2, 0) is 11.3 Å². The minimum Gasteiger partial charge on any atom is -0.508 e.